The summed E-state index contributed by atoms with van der Waals surface area (Å²) in [5.41, 5.74) is 3.74. The molecule has 5 rings (SSSR count). The van der Waals surface area contributed by atoms with Crippen molar-refractivity contribution in [2.45, 2.75) is 13.1 Å². The van der Waals surface area contributed by atoms with Crippen LogP contribution in [0.5, 0.6) is 5.75 Å². The molecule has 8 heteroatoms. The molecule has 36 heavy (non-hydrogen) atoms. The molecule has 0 unspecified atom stereocenters. The Labute approximate surface area is 208 Å². The van der Waals surface area contributed by atoms with Gasteiger partial charge in [-0.2, -0.15) is 0 Å². The minimum absolute atomic E-state index is 0.292. The number of nitrogens with zero attached hydrogens (tertiary/aromatic N) is 4. The van der Waals surface area contributed by atoms with Gasteiger partial charge >= 0.3 is 5.69 Å². The van der Waals surface area contributed by atoms with Gasteiger partial charge in [0.05, 0.1) is 12.3 Å². The zero-order valence-corrected chi connectivity index (χ0v) is 20.0. The average Bonchev–Trinajstić information content (AvgIpc) is 3.26. The van der Waals surface area contributed by atoms with Crippen LogP contribution >= 0.6 is 0 Å². The molecular weight excluding hydrogens is 454 g/mol. The molecule has 0 saturated heterocycles. The van der Waals surface area contributed by atoms with Gasteiger partial charge in [0, 0.05) is 26.3 Å². The van der Waals surface area contributed by atoms with E-state index in [1.165, 1.54) is 6.33 Å². The molecule has 0 aliphatic carbocycles. The van der Waals surface area contributed by atoms with Gasteiger partial charge in [-0.05, 0) is 23.3 Å². The zero-order valence-electron chi connectivity index (χ0n) is 20.0. The zero-order chi connectivity index (χ0) is 24.7. The fourth-order valence-corrected chi connectivity index (χ4v) is 4.16. The number of H-pyrrole nitrogens is 1. The summed E-state index contributed by atoms with van der Waals surface area (Å²) >= 11 is 0. The first-order valence-electron chi connectivity index (χ1n) is 11.7. The predicted octanol–water partition coefficient (Wildman–Crippen LogP) is 4.34. The molecule has 1 N–H and O–H groups in total. The van der Waals surface area contributed by atoms with Gasteiger partial charge in [0.2, 0.25) is 0 Å². The highest BCUT2D eigenvalue weighted by Crippen LogP contribution is 2.26. The Bertz CT molecular complexity index is 1440. The first-order valence-corrected chi connectivity index (χ1v) is 11.7. The van der Waals surface area contributed by atoms with E-state index >= 15 is 0 Å². The largest absolute Gasteiger partial charge is 0.491 e. The predicted molar refractivity (Wildman–Crippen MR) is 140 cm³/mol. The van der Waals surface area contributed by atoms with E-state index in [2.05, 4.69) is 44.1 Å². The maximum atomic E-state index is 13.2. The van der Waals surface area contributed by atoms with Crippen LogP contribution in [-0.2, 0) is 17.8 Å². The summed E-state index contributed by atoms with van der Waals surface area (Å²) < 4.78 is 12.3. The second-order valence-electron chi connectivity index (χ2n) is 8.33. The van der Waals surface area contributed by atoms with Crippen molar-refractivity contribution in [2.75, 3.05) is 25.2 Å². The minimum atomic E-state index is -0.292. The normalized spacial score (nSPS) is 11.0. The van der Waals surface area contributed by atoms with Gasteiger partial charge in [0.1, 0.15) is 24.2 Å². The van der Waals surface area contributed by atoms with Gasteiger partial charge in [-0.3, -0.25) is 0 Å². The number of nitrogens with one attached hydrogen (secondary N) is 1. The third kappa shape index (κ3) is 5.13. The lowest BCUT2D eigenvalue weighted by Crippen LogP contribution is -2.23. The molecule has 182 valence electrons. The highest BCUT2D eigenvalue weighted by Gasteiger charge is 2.19. The highest BCUT2D eigenvalue weighted by atomic mass is 16.5. The molecule has 0 bridgehead atoms. The number of hydrogen-bond acceptors (Lipinski definition) is 6. The SMILES string of the molecule is COCCOc1cccc(-n2c(=O)[nH]c3c(N(Cc4ccccc4)Cc4ccccc4)ncnc32)c1. The third-order valence-electron chi connectivity index (χ3n) is 5.82. The van der Waals surface area contributed by atoms with Gasteiger partial charge in [-0.15, -0.1) is 0 Å². The van der Waals surface area contributed by atoms with E-state index in [1.54, 1.807) is 11.7 Å². The van der Waals surface area contributed by atoms with E-state index in [0.717, 1.165) is 11.1 Å². The van der Waals surface area contributed by atoms with Crippen LogP contribution in [0.15, 0.2) is 96.1 Å². The molecule has 5 aromatic rings. The Morgan fingerprint density at radius 3 is 2.22 bits per heavy atom. The monoisotopic (exact) mass is 481 g/mol. The molecule has 2 heterocycles. The van der Waals surface area contributed by atoms with Crippen LogP contribution in [0.2, 0.25) is 0 Å². The summed E-state index contributed by atoms with van der Waals surface area (Å²) in [7, 11) is 1.63. The number of aromatic amines is 1. The number of fused-ring (bicyclic) bond motifs is 1. The van der Waals surface area contributed by atoms with E-state index in [4.69, 9.17) is 9.47 Å². The van der Waals surface area contributed by atoms with E-state index in [9.17, 15) is 4.79 Å². The summed E-state index contributed by atoms with van der Waals surface area (Å²) in [5, 5.41) is 0. The van der Waals surface area contributed by atoms with Crippen molar-refractivity contribution in [3.63, 3.8) is 0 Å². The topological polar surface area (TPSA) is 85.3 Å². The molecule has 3 aromatic carbocycles. The number of methoxy groups -OCH3 is 1. The van der Waals surface area contributed by atoms with Crippen molar-refractivity contribution >= 4 is 17.0 Å². The lowest BCUT2D eigenvalue weighted by atomic mass is 10.1. The van der Waals surface area contributed by atoms with Crippen LogP contribution in [0.3, 0.4) is 0 Å². The van der Waals surface area contributed by atoms with Crippen LogP contribution in [0.1, 0.15) is 11.1 Å². The second kappa shape index (κ2) is 10.9. The van der Waals surface area contributed by atoms with Crippen LogP contribution in [0.25, 0.3) is 16.9 Å². The first-order chi connectivity index (χ1) is 17.7. The molecule has 0 amide bonds. The Kier molecular flexibility index (Phi) is 7.05. The number of anilines is 1. The summed E-state index contributed by atoms with van der Waals surface area (Å²) in [6, 6.07) is 27.8. The maximum Gasteiger partial charge on any atom is 0.332 e. The molecule has 0 aliphatic heterocycles. The smallest absolute Gasteiger partial charge is 0.332 e. The van der Waals surface area contributed by atoms with Gasteiger partial charge in [-0.25, -0.2) is 19.3 Å². The standard InChI is InChI=1S/C28H27N5O3/c1-35-15-16-36-24-14-8-13-23(17-24)33-27-25(31-28(33)34)26(29-20-30-27)32(18-21-9-4-2-5-10-21)19-22-11-6-3-7-12-22/h2-14,17,20H,15-16,18-19H2,1H3,(H,31,34). The van der Waals surface area contributed by atoms with Gasteiger partial charge < -0.3 is 19.4 Å². The van der Waals surface area contributed by atoms with Crippen LogP contribution < -0.4 is 15.3 Å². The van der Waals surface area contributed by atoms with Crippen molar-refractivity contribution in [1.82, 2.24) is 19.5 Å². The van der Waals surface area contributed by atoms with Crippen molar-refractivity contribution in [3.05, 3.63) is 113 Å². The lowest BCUT2D eigenvalue weighted by molar-refractivity contribution is 0.146. The number of imidazole rings is 1. The van der Waals surface area contributed by atoms with Gasteiger partial charge in [0.25, 0.3) is 0 Å². The lowest BCUT2D eigenvalue weighted by Gasteiger charge is -2.24. The van der Waals surface area contributed by atoms with Crippen LogP contribution in [-0.4, -0.2) is 39.8 Å². The number of hydrogen-bond donors (Lipinski definition) is 1. The molecule has 0 saturated carbocycles. The Morgan fingerprint density at radius 2 is 1.56 bits per heavy atom. The van der Waals surface area contributed by atoms with Gasteiger partial charge in [-0.1, -0.05) is 66.7 Å². The third-order valence-corrected chi connectivity index (χ3v) is 5.82. The minimum Gasteiger partial charge on any atom is -0.491 e. The molecule has 0 fully saturated rings. The van der Waals surface area contributed by atoms with E-state index in [1.807, 2.05) is 60.7 Å². The highest BCUT2D eigenvalue weighted by molar-refractivity contribution is 5.84. The quantitative estimate of drug-likeness (QED) is 0.299. The Balaban J connectivity index is 1.56. The van der Waals surface area contributed by atoms with Crippen LogP contribution in [0.4, 0.5) is 5.82 Å². The van der Waals surface area contributed by atoms with Gasteiger partial charge in [0.15, 0.2) is 11.5 Å². The molecule has 0 spiro atoms. The van der Waals surface area contributed by atoms with Crippen molar-refractivity contribution < 1.29 is 9.47 Å². The summed E-state index contributed by atoms with van der Waals surface area (Å²) in [6.45, 7) is 2.14. The second-order valence-corrected chi connectivity index (χ2v) is 8.33. The number of rotatable bonds is 10. The number of benzene rings is 3. The molecule has 0 radical (unpaired) electrons. The summed E-state index contributed by atoms with van der Waals surface area (Å²) in [5.74, 6) is 1.31. The number of ether oxygens (including phenoxy) is 2. The Hall–Kier alpha value is -4.43. The first kappa shape index (κ1) is 23.3. The fraction of sp³-hybridized carbons (Fsp3) is 0.179. The number of aromatic nitrogens is 4. The molecule has 8 nitrogen and oxygen atoms in total. The summed E-state index contributed by atoms with van der Waals surface area (Å²) in [4.78, 5) is 27.4. The Morgan fingerprint density at radius 1 is 0.861 bits per heavy atom. The van der Waals surface area contributed by atoms with Crippen molar-refractivity contribution in [3.8, 4) is 11.4 Å². The summed E-state index contributed by atoms with van der Waals surface area (Å²) in [6.07, 6.45) is 1.50. The average molecular weight is 482 g/mol. The van der Waals surface area contributed by atoms with Crippen LogP contribution in [0, 0.1) is 0 Å². The molecule has 0 atom stereocenters. The van der Waals surface area contributed by atoms with Crippen molar-refractivity contribution in [1.29, 1.82) is 0 Å². The van der Waals surface area contributed by atoms with E-state index in [-0.39, 0.29) is 5.69 Å². The van der Waals surface area contributed by atoms with Crippen molar-refractivity contribution in [2.24, 2.45) is 0 Å². The fourth-order valence-electron chi connectivity index (χ4n) is 4.16. The van der Waals surface area contributed by atoms with E-state index < -0.39 is 0 Å². The van der Waals surface area contributed by atoms with E-state index in [0.29, 0.717) is 54.7 Å². The molecular formula is C28H27N5O3. The molecule has 2 aromatic heterocycles. The maximum absolute atomic E-state index is 13.2. The molecule has 0 aliphatic rings.